The Morgan fingerprint density at radius 3 is 3.19 bits per heavy atom. The lowest BCUT2D eigenvalue weighted by Crippen LogP contribution is -2.33. The van der Waals surface area contributed by atoms with Crippen LogP contribution in [0.1, 0.15) is 22.9 Å². The quantitative estimate of drug-likeness (QED) is 0.680. The summed E-state index contributed by atoms with van der Waals surface area (Å²) in [5, 5.41) is 12.3. The van der Waals surface area contributed by atoms with E-state index in [4.69, 9.17) is 14.0 Å². The first kappa shape index (κ1) is 17.7. The highest BCUT2D eigenvalue weighted by molar-refractivity contribution is 5.86. The molecule has 2 aromatic heterocycles. The minimum Gasteiger partial charge on any atom is -0.383 e. The second-order valence-electron chi connectivity index (χ2n) is 6.58. The largest absolute Gasteiger partial charge is 0.383 e. The molecule has 0 spiro atoms. The molecule has 0 saturated carbocycles. The summed E-state index contributed by atoms with van der Waals surface area (Å²) in [5.74, 6) is -0.00370. The summed E-state index contributed by atoms with van der Waals surface area (Å²) in [4.78, 5) is 12.4. The SMILES string of the molecule is COCCn1ncc2c1COCC2CNC(=O)Cc1noc2ccccc12. The van der Waals surface area contributed by atoms with E-state index in [9.17, 15) is 4.79 Å². The van der Waals surface area contributed by atoms with Crippen LogP contribution >= 0.6 is 0 Å². The van der Waals surface area contributed by atoms with Crippen LogP contribution in [0.3, 0.4) is 0 Å². The predicted molar refractivity (Wildman–Crippen MR) is 97.2 cm³/mol. The zero-order valence-corrected chi connectivity index (χ0v) is 15.2. The van der Waals surface area contributed by atoms with Crippen LogP contribution in [-0.4, -0.2) is 47.7 Å². The minimum atomic E-state index is -0.0899. The van der Waals surface area contributed by atoms with Crippen LogP contribution < -0.4 is 5.32 Å². The standard InChI is InChI=1S/C19H22N4O4/c1-25-7-6-23-17-12-26-11-13(15(17)10-21-23)9-20-19(24)8-16-14-4-2-3-5-18(14)27-22-16/h2-5,10,13H,6-9,11-12H2,1H3,(H,20,24). The van der Waals surface area contributed by atoms with E-state index < -0.39 is 0 Å². The number of nitrogens with zero attached hydrogens (tertiary/aromatic N) is 3. The maximum absolute atomic E-state index is 12.4. The van der Waals surface area contributed by atoms with Crippen molar-refractivity contribution in [1.29, 1.82) is 0 Å². The molecule has 1 aliphatic rings. The Balaban J connectivity index is 1.38. The second kappa shape index (κ2) is 7.89. The first-order valence-corrected chi connectivity index (χ1v) is 8.97. The van der Waals surface area contributed by atoms with Crippen molar-refractivity contribution in [3.8, 4) is 0 Å². The molecule has 4 rings (SSSR count). The molecule has 27 heavy (non-hydrogen) atoms. The fraction of sp³-hybridized carbons (Fsp3) is 0.421. The normalized spacial score (nSPS) is 16.4. The van der Waals surface area contributed by atoms with Crippen molar-refractivity contribution in [2.24, 2.45) is 0 Å². The third kappa shape index (κ3) is 3.72. The molecule has 8 heteroatoms. The van der Waals surface area contributed by atoms with Gasteiger partial charge >= 0.3 is 0 Å². The Labute approximate surface area is 156 Å². The van der Waals surface area contributed by atoms with E-state index in [1.807, 2.05) is 35.1 Å². The van der Waals surface area contributed by atoms with Crippen molar-refractivity contribution in [2.75, 3.05) is 26.9 Å². The summed E-state index contributed by atoms with van der Waals surface area (Å²) in [6, 6.07) is 7.53. The van der Waals surface area contributed by atoms with Gasteiger partial charge in [-0.15, -0.1) is 0 Å². The third-order valence-corrected chi connectivity index (χ3v) is 4.81. The number of benzene rings is 1. The lowest BCUT2D eigenvalue weighted by Gasteiger charge is -2.23. The molecule has 142 valence electrons. The van der Waals surface area contributed by atoms with Crippen LogP contribution in [0.25, 0.3) is 11.0 Å². The third-order valence-electron chi connectivity index (χ3n) is 4.81. The van der Waals surface area contributed by atoms with Gasteiger partial charge in [-0.2, -0.15) is 5.10 Å². The fourth-order valence-electron chi connectivity index (χ4n) is 3.37. The van der Waals surface area contributed by atoms with Gasteiger partial charge in [0.2, 0.25) is 5.91 Å². The van der Waals surface area contributed by atoms with Crippen molar-refractivity contribution in [3.63, 3.8) is 0 Å². The number of para-hydroxylation sites is 1. The van der Waals surface area contributed by atoms with Crippen LogP contribution in [0.15, 0.2) is 35.0 Å². The summed E-state index contributed by atoms with van der Waals surface area (Å²) in [6.07, 6.45) is 2.06. The molecule has 1 amide bonds. The summed E-state index contributed by atoms with van der Waals surface area (Å²) in [6.45, 7) is 2.89. The Bertz CT molecular complexity index is 933. The molecule has 0 radical (unpaired) electrons. The van der Waals surface area contributed by atoms with Gasteiger partial charge in [0.25, 0.3) is 0 Å². The molecular weight excluding hydrogens is 348 g/mol. The zero-order valence-electron chi connectivity index (χ0n) is 15.2. The van der Waals surface area contributed by atoms with E-state index in [1.54, 1.807) is 7.11 Å². The molecule has 8 nitrogen and oxygen atoms in total. The molecule has 3 aromatic rings. The first-order valence-electron chi connectivity index (χ1n) is 8.97. The lowest BCUT2D eigenvalue weighted by atomic mass is 9.98. The number of amides is 1. The van der Waals surface area contributed by atoms with Gasteiger partial charge in [0.15, 0.2) is 5.58 Å². The minimum absolute atomic E-state index is 0.0862. The van der Waals surface area contributed by atoms with E-state index in [2.05, 4.69) is 15.6 Å². The number of fused-ring (bicyclic) bond motifs is 2. The number of aromatic nitrogens is 3. The van der Waals surface area contributed by atoms with E-state index in [1.165, 1.54) is 0 Å². The van der Waals surface area contributed by atoms with Gasteiger partial charge in [-0.05, 0) is 12.1 Å². The van der Waals surface area contributed by atoms with Crippen molar-refractivity contribution in [1.82, 2.24) is 20.3 Å². The average molecular weight is 370 g/mol. The van der Waals surface area contributed by atoms with Crippen LogP contribution in [0.2, 0.25) is 0 Å². The molecule has 3 heterocycles. The van der Waals surface area contributed by atoms with Crippen molar-refractivity contribution in [2.45, 2.75) is 25.5 Å². The Hall–Kier alpha value is -2.71. The van der Waals surface area contributed by atoms with Gasteiger partial charge in [0.05, 0.1) is 44.7 Å². The lowest BCUT2D eigenvalue weighted by molar-refractivity contribution is -0.120. The Morgan fingerprint density at radius 1 is 1.41 bits per heavy atom. The number of ether oxygens (including phenoxy) is 2. The summed E-state index contributed by atoms with van der Waals surface area (Å²) >= 11 is 0. The number of hydrogen-bond donors (Lipinski definition) is 1. The van der Waals surface area contributed by atoms with Gasteiger partial charge < -0.3 is 19.3 Å². The molecule has 0 bridgehead atoms. The molecule has 1 aliphatic heterocycles. The van der Waals surface area contributed by atoms with Crippen LogP contribution in [0.5, 0.6) is 0 Å². The Morgan fingerprint density at radius 2 is 2.30 bits per heavy atom. The Kier molecular flexibility index (Phi) is 5.17. The molecule has 0 saturated heterocycles. The van der Waals surface area contributed by atoms with E-state index in [-0.39, 0.29) is 18.2 Å². The number of carbonyl (C=O) groups excluding carboxylic acids is 1. The van der Waals surface area contributed by atoms with Crippen molar-refractivity contribution in [3.05, 3.63) is 47.4 Å². The van der Waals surface area contributed by atoms with Crippen LogP contribution in [0.4, 0.5) is 0 Å². The average Bonchev–Trinajstić information content (AvgIpc) is 3.29. The zero-order chi connectivity index (χ0) is 18.6. The highest BCUT2D eigenvalue weighted by Gasteiger charge is 2.25. The molecule has 1 unspecified atom stereocenters. The van der Waals surface area contributed by atoms with Gasteiger partial charge in [-0.1, -0.05) is 17.3 Å². The molecule has 0 aliphatic carbocycles. The molecule has 1 aromatic carbocycles. The summed E-state index contributed by atoms with van der Waals surface area (Å²) < 4.78 is 18.0. The molecular formula is C19H22N4O4. The van der Waals surface area contributed by atoms with E-state index in [0.29, 0.717) is 44.2 Å². The monoisotopic (exact) mass is 370 g/mol. The van der Waals surface area contributed by atoms with Gasteiger partial charge in [-0.3, -0.25) is 9.48 Å². The smallest absolute Gasteiger partial charge is 0.226 e. The fourth-order valence-corrected chi connectivity index (χ4v) is 3.37. The topological polar surface area (TPSA) is 91.4 Å². The number of rotatable bonds is 7. The van der Waals surface area contributed by atoms with Gasteiger partial charge in [0.1, 0.15) is 5.69 Å². The van der Waals surface area contributed by atoms with Crippen LogP contribution in [-0.2, 0) is 33.8 Å². The highest BCUT2D eigenvalue weighted by atomic mass is 16.5. The maximum Gasteiger partial charge on any atom is 0.226 e. The highest BCUT2D eigenvalue weighted by Crippen LogP contribution is 2.26. The number of methoxy groups -OCH3 is 1. The molecule has 0 fully saturated rings. The predicted octanol–water partition coefficient (Wildman–Crippen LogP) is 1.64. The van der Waals surface area contributed by atoms with E-state index >= 15 is 0 Å². The summed E-state index contributed by atoms with van der Waals surface area (Å²) in [5.41, 5.74) is 3.52. The van der Waals surface area contributed by atoms with Crippen molar-refractivity contribution < 1.29 is 18.8 Å². The van der Waals surface area contributed by atoms with Crippen LogP contribution in [0, 0.1) is 0 Å². The number of carbonyl (C=O) groups is 1. The first-order chi connectivity index (χ1) is 13.3. The number of nitrogens with one attached hydrogen (secondary N) is 1. The van der Waals surface area contributed by atoms with Gasteiger partial charge in [-0.25, -0.2) is 0 Å². The van der Waals surface area contributed by atoms with Gasteiger partial charge in [0, 0.05) is 30.5 Å². The molecule has 1 N–H and O–H groups in total. The summed E-state index contributed by atoms with van der Waals surface area (Å²) in [7, 11) is 1.67. The maximum atomic E-state index is 12.4. The molecule has 1 atom stereocenters. The number of hydrogen-bond acceptors (Lipinski definition) is 6. The van der Waals surface area contributed by atoms with Crippen molar-refractivity contribution >= 4 is 16.9 Å². The van der Waals surface area contributed by atoms with E-state index in [0.717, 1.165) is 16.6 Å². The second-order valence-corrected chi connectivity index (χ2v) is 6.58.